The van der Waals surface area contributed by atoms with Gasteiger partial charge in [0.1, 0.15) is 6.04 Å². The second-order valence-corrected chi connectivity index (χ2v) is 9.34. The summed E-state index contributed by atoms with van der Waals surface area (Å²) in [5.74, 6) is 1.02. The molecular formula is C24H31BrN2O2S. The molecule has 0 heterocycles. The van der Waals surface area contributed by atoms with Gasteiger partial charge >= 0.3 is 0 Å². The fourth-order valence-corrected chi connectivity index (χ4v) is 4.09. The summed E-state index contributed by atoms with van der Waals surface area (Å²) >= 11 is 5.02. The third-order valence-electron chi connectivity index (χ3n) is 5.06. The zero-order chi connectivity index (χ0) is 21.9. The van der Waals surface area contributed by atoms with E-state index in [0.717, 1.165) is 28.6 Å². The number of amides is 2. The molecule has 2 aromatic carbocycles. The van der Waals surface area contributed by atoms with Crippen LogP contribution in [-0.4, -0.2) is 41.1 Å². The smallest absolute Gasteiger partial charge is 0.242 e. The van der Waals surface area contributed by atoms with Crippen molar-refractivity contribution in [2.45, 2.75) is 51.4 Å². The molecule has 162 valence electrons. The van der Waals surface area contributed by atoms with Crippen molar-refractivity contribution in [1.29, 1.82) is 0 Å². The third-order valence-corrected chi connectivity index (χ3v) is 6.58. The van der Waals surface area contributed by atoms with E-state index in [9.17, 15) is 9.59 Å². The van der Waals surface area contributed by atoms with Gasteiger partial charge in [0.25, 0.3) is 0 Å². The predicted molar refractivity (Wildman–Crippen MR) is 130 cm³/mol. The van der Waals surface area contributed by atoms with Gasteiger partial charge in [-0.1, -0.05) is 65.3 Å². The number of thioether (sulfide) groups is 1. The van der Waals surface area contributed by atoms with Crippen molar-refractivity contribution in [3.63, 3.8) is 0 Å². The van der Waals surface area contributed by atoms with E-state index in [2.05, 4.69) is 45.5 Å². The lowest BCUT2D eigenvalue weighted by atomic mass is 10.1. The van der Waals surface area contributed by atoms with Gasteiger partial charge in [0.2, 0.25) is 11.8 Å². The number of nitrogens with one attached hydrogen (secondary N) is 1. The van der Waals surface area contributed by atoms with E-state index in [1.54, 1.807) is 16.7 Å². The van der Waals surface area contributed by atoms with Gasteiger partial charge in [0.15, 0.2) is 0 Å². The zero-order valence-electron chi connectivity index (χ0n) is 17.9. The second kappa shape index (κ2) is 12.8. The molecule has 0 aliphatic carbocycles. The van der Waals surface area contributed by atoms with Crippen molar-refractivity contribution >= 4 is 39.5 Å². The summed E-state index contributed by atoms with van der Waals surface area (Å²) in [5, 5.41) is 3.01. The molecule has 0 saturated carbocycles. The molecule has 0 aromatic heterocycles. The lowest BCUT2D eigenvalue weighted by Crippen LogP contribution is -2.51. The highest BCUT2D eigenvalue weighted by molar-refractivity contribution is 9.10. The van der Waals surface area contributed by atoms with Crippen molar-refractivity contribution < 1.29 is 9.59 Å². The van der Waals surface area contributed by atoms with Crippen molar-refractivity contribution in [2.75, 3.05) is 12.3 Å². The first-order valence-electron chi connectivity index (χ1n) is 10.4. The largest absolute Gasteiger partial charge is 0.352 e. The van der Waals surface area contributed by atoms with Crippen LogP contribution in [0.4, 0.5) is 0 Å². The van der Waals surface area contributed by atoms with Crippen molar-refractivity contribution in [1.82, 2.24) is 10.2 Å². The predicted octanol–water partition coefficient (Wildman–Crippen LogP) is 5.06. The highest BCUT2D eigenvalue weighted by Crippen LogP contribution is 2.17. The van der Waals surface area contributed by atoms with E-state index in [-0.39, 0.29) is 17.9 Å². The van der Waals surface area contributed by atoms with Crippen LogP contribution in [0.15, 0.2) is 59.1 Å². The number of carbonyl (C=O) groups is 2. The number of nitrogens with zero attached hydrogens (tertiary/aromatic N) is 1. The van der Waals surface area contributed by atoms with Gasteiger partial charge in [-0.15, -0.1) is 11.8 Å². The summed E-state index contributed by atoms with van der Waals surface area (Å²) in [6.07, 6.45) is 1.59. The monoisotopic (exact) mass is 490 g/mol. The molecule has 0 aliphatic heterocycles. The second-order valence-electron chi connectivity index (χ2n) is 7.44. The Morgan fingerprint density at radius 1 is 1.03 bits per heavy atom. The molecule has 2 aromatic rings. The van der Waals surface area contributed by atoms with Crippen LogP contribution < -0.4 is 5.32 Å². The van der Waals surface area contributed by atoms with E-state index in [0.29, 0.717) is 12.3 Å². The van der Waals surface area contributed by atoms with Crippen LogP contribution in [0.3, 0.4) is 0 Å². The van der Waals surface area contributed by atoms with Crippen LogP contribution in [0.5, 0.6) is 0 Å². The number of rotatable bonds is 11. The summed E-state index contributed by atoms with van der Waals surface area (Å²) in [7, 11) is 0. The summed E-state index contributed by atoms with van der Waals surface area (Å²) in [4.78, 5) is 27.4. The average molecular weight is 491 g/mol. The minimum Gasteiger partial charge on any atom is -0.352 e. The fraction of sp³-hybridized carbons (Fsp3) is 0.417. The molecule has 2 amide bonds. The highest BCUT2D eigenvalue weighted by atomic mass is 79.9. The van der Waals surface area contributed by atoms with Gasteiger partial charge in [-0.3, -0.25) is 9.59 Å². The Morgan fingerprint density at radius 3 is 2.33 bits per heavy atom. The Morgan fingerprint density at radius 2 is 1.70 bits per heavy atom. The van der Waals surface area contributed by atoms with Gasteiger partial charge in [0, 0.05) is 22.8 Å². The number of hydrogen-bond donors (Lipinski definition) is 1. The normalized spacial score (nSPS) is 12.8. The van der Waals surface area contributed by atoms with E-state index < -0.39 is 6.04 Å². The number of benzene rings is 2. The molecule has 4 nitrogen and oxygen atoms in total. The van der Waals surface area contributed by atoms with E-state index >= 15 is 0 Å². The first kappa shape index (κ1) is 24.5. The minimum atomic E-state index is -0.497. The van der Waals surface area contributed by atoms with Crippen LogP contribution in [0, 0.1) is 0 Å². The Bertz CT molecular complexity index is 799. The van der Waals surface area contributed by atoms with Crippen molar-refractivity contribution in [2.24, 2.45) is 0 Å². The van der Waals surface area contributed by atoms with Crippen LogP contribution >= 0.6 is 27.7 Å². The van der Waals surface area contributed by atoms with E-state index in [4.69, 9.17) is 0 Å². The number of carbonyl (C=O) groups excluding carboxylic acids is 2. The molecule has 0 bridgehead atoms. The summed E-state index contributed by atoms with van der Waals surface area (Å²) < 4.78 is 1.04. The quantitative estimate of drug-likeness (QED) is 0.478. The summed E-state index contributed by atoms with van der Waals surface area (Å²) in [5.41, 5.74) is 2.33. The molecular weight excluding hydrogens is 460 g/mol. The van der Waals surface area contributed by atoms with Crippen molar-refractivity contribution in [3.05, 3.63) is 70.2 Å². The van der Waals surface area contributed by atoms with Crippen LogP contribution in [-0.2, 0) is 21.8 Å². The Labute approximate surface area is 192 Å². The van der Waals surface area contributed by atoms with Gasteiger partial charge in [-0.25, -0.2) is 0 Å². The minimum absolute atomic E-state index is 0.000144. The molecule has 0 fully saturated rings. The van der Waals surface area contributed by atoms with Gasteiger partial charge in [-0.05, 0) is 49.9 Å². The van der Waals surface area contributed by atoms with Gasteiger partial charge in [-0.2, -0.15) is 0 Å². The molecule has 0 radical (unpaired) electrons. The lowest BCUT2D eigenvalue weighted by molar-refractivity contribution is -0.138. The average Bonchev–Trinajstić information content (AvgIpc) is 2.75. The SMILES string of the molecule is CC[C@@H](C)NC(=O)[C@H](C)N(CCc1ccccc1)C(=O)CSCc1ccc(Br)cc1. The zero-order valence-corrected chi connectivity index (χ0v) is 20.3. The molecule has 30 heavy (non-hydrogen) atoms. The van der Waals surface area contributed by atoms with Crippen LogP contribution in [0.25, 0.3) is 0 Å². The van der Waals surface area contributed by atoms with Crippen LogP contribution in [0.2, 0.25) is 0 Å². The lowest BCUT2D eigenvalue weighted by Gasteiger charge is -2.29. The topological polar surface area (TPSA) is 49.4 Å². The molecule has 1 N–H and O–H groups in total. The standard InChI is InChI=1S/C24H31BrN2O2S/c1-4-18(2)26-24(29)19(3)27(15-14-20-8-6-5-7-9-20)23(28)17-30-16-21-10-12-22(25)13-11-21/h5-13,18-19H,4,14-17H2,1-3H3,(H,26,29)/t18-,19+/m1/s1. The maximum absolute atomic E-state index is 13.0. The first-order chi connectivity index (χ1) is 14.4. The Balaban J connectivity index is 1.99. The van der Waals surface area contributed by atoms with E-state index in [1.165, 1.54) is 5.56 Å². The molecule has 0 spiro atoms. The number of halogens is 1. The molecule has 2 rings (SSSR count). The summed E-state index contributed by atoms with van der Waals surface area (Å²) in [6.45, 7) is 6.36. The molecule has 6 heteroatoms. The summed E-state index contributed by atoms with van der Waals surface area (Å²) in [6, 6.07) is 17.8. The molecule has 0 saturated heterocycles. The van der Waals surface area contributed by atoms with Gasteiger partial charge in [0.05, 0.1) is 5.75 Å². The van der Waals surface area contributed by atoms with Crippen LogP contribution in [0.1, 0.15) is 38.3 Å². The first-order valence-corrected chi connectivity index (χ1v) is 12.3. The molecule has 2 atom stereocenters. The Hall–Kier alpha value is -1.79. The third kappa shape index (κ3) is 8.15. The van der Waals surface area contributed by atoms with E-state index in [1.807, 2.05) is 51.1 Å². The fourth-order valence-electron chi connectivity index (χ4n) is 2.96. The molecule has 0 unspecified atom stereocenters. The molecule has 0 aliphatic rings. The maximum Gasteiger partial charge on any atom is 0.242 e. The number of hydrogen-bond acceptors (Lipinski definition) is 3. The van der Waals surface area contributed by atoms with Crippen molar-refractivity contribution in [3.8, 4) is 0 Å². The van der Waals surface area contributed by atoms with Gasteiger partial charge < -0.3 is 10.2 Å². The highest BCUT2D eigenvalue weighted by Gasteiger charge is 2.26. The maximum atomic E-state index is 13.0. The Kier molecular flexibility index (Phi) is 10.4.